The Morgan fingerprint density at radius 3 is 2.66 bits per heavy atom. The smallest absolute Gasteiger partial charge is 0.329 e. The van der Waals surface area contributed by atoms with E-state index in [0.29, 0.717) is 5.75 Å². The van der Waals surface area contributed by atoms with Crippen LogP contribution in [-0.4, -0.2) is 60.1 Å². The monoisotopic (exact) mass is 446 g/mol. The summed E-state index contributed by atoms with van der Waals surface area (Å²) in [7, 11) is 0. The van der Waals surface area contributed by atoms with Crippen LogP contribution in [0.25, 0.3) is 0 Å². The number of halogens is 1. The molecule has 2 rings (SSSR count). The van der Waals surface area contributed by atoms with Gasteiger partial charge in [0.05, 0.1) is 6.61 Å². The lowest BCUT2D eigenvalue weighted by molar-refractivity contribution is -0.152. The maximum Gasteiger partial charge on any atom is 0.329 e. The van der Waals surface area contributed by atoms with E-state index in [9.17, 15) is 14.3 Å². The van der Waals surface area contributed by atoms with Gasteiger partial charge >= 0.3 is 5.97 Å². The van der Waals surface area contributed by atoms with Gasteiger partial charge in [-0.3, -0.25) is 0 Å². The summed E-state index contributed by atoms with van der Waals surface area (Å²) in [4.78, 5) is 10.6. The highest BCUT2D eigenvalue weighted by Crippen LogP contribution is 2.29. The molecule has 0 spiro atoms. The van der Waals surface area contributed by atoms with E-state index in [4.69, 9.17) is 24.1 Å². The minimum Gasteiger partial charge on any atom is -0.491 e. The lowest BCUT2D eigenvalue weighted by Crippen LogP contribution is -2.27. The third-order valence-corrected chi connectivity index (χ3v) is 4.04. The number of carboxylic acids is 1. The zero-order chi connectivity index (χ0) is 23.4. The summed E-state index contributed by atoms with van der Waals surface area (Å²) in [6.45, 7) is 3.29. The molecule has 0 aromatic heterocycles. The molecule has 3 atom stereocenters. The summed E-state index contributed by atoms with van der Waals surface area (Å²) in [6.07, 6.45) is 8.25. The zero-order valence-corrected chi connectivity index (χ0v) is 17.9. The third-order valence-electron chi connectivity index (χ3n) is 4.04. The normalized spacial score (nSPS) is 21.1. The first-order valence-electron chi connectivity index (χ1n) is 9.98. The first kappa shape index (κ1) is 25.3. The van der Waals surface area contributed by atoms with Crippen molar-refractivity contribution in [1.29, 1.82) is 0 Å². The molecule has 1 aromatic rings. The van der Waals surface area contributed by atoms with E-state index in [0.717, 1.165) is 0 Å². The highest BCUT2D eigenvalue weighted by atomic mass is 19.1. The van der Waals surface area contributed by atoms with Gasteiger partial charge in [0, 0.05) is 0 Å². The number of ether oxygens (including phenoxy) is 4. The molecule has 32 heavy (non-hydrogen) atoms. The molecule has 1 aliphatic heterocycles. The first-order valence-corrected chi connectivity index (χ1v) is 9.98. The van der Waals surface area contributed by atoms with Crippen molar-refractivity contribution in [2.45, 2.75) is 37.9 Å². The Morgan fingerprint density at radius 1 is 1.22 bits per heavy atom. The Labute approximate surface area is 186 Å². The van der Waals surface area contributed by atoms with Crippen molar-refractivity contribution in [2.75, 3.05) is 19.8 Å². The van der Waals surface area contributed by atoms with Crippen LogP contribution >= 0.6 is 0 Å². The van der Waals surface area contributed by atoms with Crippen molar-refractivity contribution < 1.29 is 38.3 Å². The highest BCUT2D eigenvalue weighted by molar-refractivity contribution is 5.67. The number of aliphatic hydroxyl groups is 1. The number of carboxylic acid groups (broad SMARTS) is 1. The molecular weight excluding hydrogens is 419 g/mol. The number of benzene rings is 1. The van der Waals surface area contributed by atoms with E-state index < -0.39 is 30.6 Å². The minimum absolute atomic E-state index is 0.0273. The maximum atomic E-state index is 12.8. The SMILES string of the molecule is CC1(C)O[C@@H](COCC(=O)O)[C@@H](C=CC=CC#CC=C[C@H](O)COc2ccc(F)cc2)O1. The van der Waals surface area contributed by atoms with Crippen LogP contribution in [0.3, 0.4) is 0 Å². The molecule has 0 saturated carbocycles. The summed E-state index contributed by atoms with van der Waals surface area (Å²) in [5, 5.41) is 18.5. The van der Waals surface area contributed by atoms with Crippen LogP contribution in [0.15, 0.2) is 60.7 Å². The highest BCUT2D eigenvalue weighted by Gasteiger charge is 2.39. The van der Waals surface area contributed by atoms with Crippen LogP contribution in [0, 0.1) is 17.7 Å². The number of hydrogen-bond acceptors (Lipinski definition) is 6. The molecular formula is C24H27FO7. The summed E-state index contributed by atoms with van der Waals surface area (Å²) < 4.78 is 34.8. The molecule has 1 fully saturated rings. The van der Waals surface area contributed by atoms with Crippen LogP contribution in [0.1, 0.15) is 13.8 Å². The van der Waals surface area contributed by atoms with Crippen molar-refractivity contribution in [2.24, 2.45) is 0 Å². The van der Waals surface area contributed by atoms with Gasteiger partial charge in [-0.05, 0) is 56.3 Å². The Bertz CT molecular complexity index is 878. The van der Waals surface area contributed by atoms with E-state index in [2.05, 4.69) is 11.8 Å². The van der Waals surface area contributed by atoms with E-state index in [-0.39, 0.29) is 25.1 Å². The lowest BCUT2D eigenvalue weighted by atomic mass is 10.2. The Kier molecular flexibility index (Phi) is 10.1. The van der Waals surface area contributed by atoms with Crippen molar-refractivity contribution in [3.8, 4) is 17.6 Å². The molecule has 0 bridgehead atoms. The fraction of sp³-hybridized carbons (Fsp3) is 0.375. The van der Waals surface area contributed by atoms with Gasteiger partial charge in [-0.15, -0.1) is 0 Å². The number of aliphatic hydroxyl groups excluding tert-OH is 1. The Hall–Kier alpha value is -2.96. The molecule has 8 heteroatoms. The van der Waals surface area contributed by atoms with E-state index in [1.807, 2.05) is 0 Å². The van der Waals surface area contributed by atoms with Crippen molar-refractivity contribution in [3.05, 3.63) is 66.5 Å². The van der Waals surface area contributed by atoms with Crippen LogP contribution in [0.5, 0.6) is 5.75 Å². The van der Waals surface area contributed by atoms with E-state index >= 15 is 0 Å². The largest absolute Gasteiger partial charge is 0.491 e. The van der Waals surface area contributed by atoms with Gasteiger partial charge in [-0.1, -0.05) is 30.1 Å². The van der Waals surface area contributed by atoms with Gasteiger partial charge in [0.2, 0.25) is 0 Å². The van der Waals surface area contributed by atoms with Gasteiger partial charge in [-0.25, -0.2) is 9.18 Å². The fourth-order valence-electron chi connectivity index (χ4n) is 2.72. The molecule has 1 heterocycles. The summed E-state index contributed by atoms with van der Waals surface area (Å²) in [5.74, 6) is 3.84. The van der Waals surface area contributed by atoms with Crippen LogP contribution in [0.2, 0.25) is 0 Å². The molecule has 172 valence electrons. The molecule has 1 saturated heterocycles. The summed E-state index contributed by atoms with van der Waals surface area (Å²) in [6, 6.07) is 5.53. The molecule has 2 N–H and O–H groups in total. The number of hydrogen-bond donors (Lipinski definition) is 2. The van der Waals surface area contributed by atoms with E-state index in [1.165, 1.54) is 36.4 Å². The maximum absolute atomic E-state index is 12.8. The average Bonchev–Trinajstić information content (AvgIpc) is 3.02. The molecule has 0 aliphatic carbocycles. The molecule has 1 aromatic carbocycles. The first-order chi connectivity index (χ1) is 15.2. The number of rotatable bonds is 10. The molecule has 1 aliphatic rings. The number of carbonyl (C=O) groups is 1. The number of allylic oxidation sites excluding steroid dienone is 4. The van der Waals surface area contributed by atoms with Crippen LogP contribution in [-0.2, 0) is 19.0 Å². The average molecular weight is 446 g/mol. The second kappa shape index (κ2) is 12.8. The second-order valence-electron chi connectivity index (χ2n) is 7.27. The van der Waals surface area contributed by atoms with Crippen LogP contribution < -0.4 is 4.74 Å². The molecule has 0 amide bonds. The Balaban J connectivity index is 1.73. The van der Waals surface area contributed by atoms with Gasteiger partial charge in [0.15, 0.2) is 5.79 Å². The van der Waals surface area contributed by atoms with Crippen molar-refractivity contribution in [1.82, 2.24) is 0 Å². The zero-order valence-electron chi connectivity index (χ0n) is 17.9. The molecule has 7 nitrogen and oxygen atoms in total. The summed E-state index contributed by atoms with van der Waals surface area (Å²) >= 11 is 0. The van der Waals surface area contributed by atoms with Crippen LogP contribution in [0.4, 0.5) is 4.39 Å². The van der Waals surface area contributed by atoms with Gasteiger partial charge in [-0.2, -0.15) is 0 Å². The quantitative estimate of drug-likeness (QED) is 0.422. The van der Waals surface area contributed by atoms with Crippen molar-refractivity contribution >= 4 is 5.97 Å². The minimum atomic E-state index is -1.04. The lowest BCUT2D eigenvalue weighted by Gasteiger charge is -2.16. The van der Waals surface area contributed by atoms with Gasteiger partial charge in [0.1, 0.15) is 43.1 Å². The van der Waals surface area contributed by atoms with Crippen molar-refractivity contribution in [3.63, 3.8) is 0 Å². The predicted molar refractivity (Wildman–Crippen MR) is 115 cm³/mol. The topological polar surface area (TPSA) is 94.5 Å². The second-order valence-corrected chi connectivity index (χ2v) is 7.27. The Morgan fingerprint density at radius 2 is 1.94 bits per heavy atom. The third kappa shape index (κ3) is 9.90. The van der Waals surface area contributed by atoms with E-state index in [1.54, 1.807) is 38.2 Å². The standard InChI is InChI=1S/C24H27FO7/c1-24(2)31-21(22(32-24)16-29-17-23(27)28)10-8-6-4-3-5-7-9-19(26)15-30-20-13-11-18(25)12-14-20/h4,6-14,19,21-22,26H,15-17H2,1-2H3,(H,27,28)/t19-,21+,22-/m0/s1. The van der Waals surface area contributed by atoms with Gasteiger partial charge in [0.25, 0.3) is 0 Å². The van der Waals surface area contributed by atoms with Gasteiger partial charge < -0.3 is 29.2 Å². The fourth-order valence-corrected chi connectivity index (χ4v) is 2.72. The number of aliphatic carboxylic acids is 1. The molecule has 0 unspecified atom stereocenters. The summed E-state index contributed by atoms with van der Waals surface area (Å²) in [5.41, 5.74) is 0. The molecule has 0 radical (unpaired) electrons. The predicted octanol–water partition coefficient (Wildman–Crippen LogP) is 2.86.